The molecule has 2 saturated heterocycles. The molecule has 1 spiro atoms. The molecule has 0 bridgehead atoms. The molecule has 6 rings (SSSR count). The fourth-order valence-electron chi connectivity index (χ4n) is 5.90. The molecule has 9 nitrogen and oxygen atoms in total. The molecule has 4 heterocycles. The van der Waals surface area contributed by atoms with Gasteiger partial charge in [-0.25, -0.2) is 0 Å². The van der Waals surface area contributed by atoms with Gasteiger partial charge >= 0.3 is 0 Å². The van der Waals surface area contributed by atoms with Gasteiger partial charge in [-0.1, -0.05) is 18.2 Å². The number of rotatable bonds is 3. The van der Waals surface area contributed by atoms with Crippen LogP contribution in [0.3, 0.4) is 0 Å². The number of carbonyl (C=O) groups excluding carboxylic acids is 3. The number of imide groups is 1. The second kappa shape index (κ2) is 7.04. The summed E-state index contributed by atoms with van der Waals surface area (Å²) in [5.74, 6) is -1.84. The van der Waals surface area contributed by atoms with Crippen molar-refractivity contribution in [2.24, 2.45) is 11.8 Å². The molecule has 0 saturated carbocycles. The Balaban J connectivity index is 1.43. The quantitative estimate of drug-likeness (QED) is 0.588. The maximum absolute atomic E-state index is 13.8. The average molecular weight is 463 g/mol. The van der Waals surface area contributed by atoms with Crippen LogP contribution < -0.4 is 20.1 Å². The first-order valence-corrected chi connectivity index (χ1v) is 11.4. The summed E-state index contributed by atoms with van der Waals surface area (Å²) in [5.41, 5.74) is 2.52. The van der Waals surface area contributed by atoms with Crippen molar-refractivity contribution in [3.63, 3.8) is 0 Å². The van der Waals surface area contributed by atoms with Crippen LogP contribution in [0.1, 0.15) is 29.2 Å². The molecule has 2 aromatic carbocycles. The van der Waals surface area contributed by atoms with Crippen LogP contribution in [-0.2, 0) is 26.5 Å². The molecule has 0 aromatic heterocycles. The zero-order valence-electron chi connectivity index (χ0n) is 19.0. The van der Waals surface area contributed by atoms with E-state index in [1.807, 2.05) is 26.0 Å². The number of anilines is 1. The van der Waals surface area contributed by atoms with Crippen molar-refractivity contribution in [3.8, 4) is 11.5 Å². The monoisotopic (exact) mass is 463 g/mol. The maximum Gasteiger partial charge on any atom is 0.250 e. The molecule has 4 aliphatic heterocycles. The first-order chi connectivity index (χ1) is 16.2. The highest BCUT2D eigenvalue weighted by atomic mass is 16.7. The third kappa shape index (κ3) is 2.59. The Morgan fingerprint density at radius 2 is 1.88 bits per heavy atom. The van der Waals surface area contributed by atoms with Gasteiger partial charge in [-0.2, -0.15) is 0 Å². The lowest BCUT2D eigenvalue weighted by atomic mass is 9.76. The molecule has 2 fully saturated rings. The van der Waals surface area contributed by atoms with E-state index in [4.69, 9.17) is 9.47 Å². The number of aryl methyl sites for hydroxylation is 1. The second-order valence-electron chi connectivity index (χ2n) is 9.56. The van der Waals surface area contributed by atoms with E-state index >= 15 is 0 Å². The van der Waals surface area contributed by atoms with Crippen LogP contribution in [0.15, 0.2) is 30.3 Å². The Kier molecular flexibility index (Phi) is 4.37. The lowest BCUT2D eigenvalue weighted by Gasteiger charge is -2.30. The second-order valence-corrected chi connectivity index (χ2v) is 9.56. The molecule has 0 unspecified atom stereocenters. The third-order valence-electron chi connectivity index (χ3n) is 7.74. The molecule has 176 valence electrons. The summed E-state index contributed by atoms with van der Waals surface area (Å²) in [6.07, 6.45) is -0.947. The van der Waals surface area contributed by atoms with Crippen molar-refractivity contribution in [2.45, 2.75) is 45.0 Å². The number of ether oxygens (including phenoxy) is 2. The van der Waals surface area contributed by atoms with E-state index in [1.54, 1.807) is 25.1 Å². The molecule has 34 heavy (non-hydrogen) atoms. The molecule has 2 aromatic rings. The standard InChI is InChI=1S/C25H25N3O6/c1-11-4-6-15-20(12(11)2)26-24(32)25(15)19-18(21(27-25)13(3)29)22(30)28(23(19)31)9-14-5-7-16-17(8-14)34-10-33-16/h4-8,13,18-19,21,27,29H,9-10H2,1-3H3,(H,26,32)/t13-,18+,19+,21+,25+/m1/s1. The van der Waals surface area contributed by atoms with E-state index in [0.29, 0.717) is 28.3 Å². The number of hydrogen-bond donors (Lipinski definition) is 3. The number of fused-ring (bicyclic) bond motifs is 5. The van der Waals surface area contributed by atoms with Crippen molar-refractivity contribution in [1.82, 2.24) is 10.2 Å². The summed E-state index contributed by atoms with van der Waals surface area (Å²) in [6.45, 7) is 5.61. The fraction of sp³-hybridized carbons (Fsp3) is 0.400. The fourth-order valence-corrected chi connectivity index (χ4v) is 5.90. The highest BCUT2D eigenvalue weighted by Gasteiger charge is 2.71. The van der Waals surface area contributed by atoms with E-state index in [0.717, 1.165) is 11.1 Å². The van der Waals surface area contributed by atoms with Gasteiger partial charge in [-0.3, -0.25) is 24.6 Å². The molecule has 9 heteroatoms. The van der Waals surface area contributed by atoms with Gasteiger partial charge in [0.05, 0.1) is 24.5 Å². The maximum atomic E-state index is 13.8. The Labute approximate surface area is 196 Å². The molecule has 3 amide bonds. The summed E-state index contributed by atoms with van der Waals surface area (Å²) >= 11 is 0. The molecule has 0 aliphatic carbocycles. The normalized spacial score (nSPS) is 29.6. The first-order valence-electron chi connectivity index (χ1n) is 11.4. The molecule has 5 atom stereocenters. The molecule has 4 aliphatic rings. The zero-order valence-corrected chi connectivity index (χ0v) is 19.0. The number of aliphatic hydroxyl groups excluding tert-OH is 1. The van der Waals surface area contributed by atoms with E-state index in [2.05, 4.69) is 10.6 Å². The smallest absolute Gasteiger partial charge is 0.250 e. The van der Waals surface area contributed by atoms with Crippen LogP contribution in [0.5, 0.6) is 11.5 Å². The predicted octanol–water partition coefficient (Wildman–Crippen LogP) is 1.33. The minimum absolute atomic E-state index is 0.0469. The van der Waals surface area contributed by atoms with E-state index in [-0.39, 0.29) is 19.2 Å². The third-order valence-corrected chi connectivity index (χ3v) is 7.74. The molecular weight excluding hydrogens is 438 g/mol. The Hall–Kier alpha value is -3.43. The lowest BCUT2D eigenvalue weighted by Crippen LogP contribution is -2.54. The van der Waals surface area contributed by atoms with Gasteiger partial charge in [0, 0.05) is 17.3 Å². The predicted molar refractivity (Wildman–Crippen MR) is 120 cm³/mol. The van der Waals surface area contributed by atoms with E-state index < -0.39 is 41.3 Å². The van der Waals surface area contributed by atoms with Crippen LogP contribution in [0.4, 0.5) is 5.69 Å². The summed E-state index contributed by atoms with van der Waals surface area (Å²) in [5, 5.41) is 16.7. The summed E-state index contributed by atoms with van der Waals surface area (Å²) in [6, 6.07) is 8.28. The topological polar surface area (TPSA) is 117 Å². The number of benzene rings is 2. The van der Waals surface area contributed by atoms with Crippen molar-refractivity contribution in [2.75, 3.05) is 12.1 Å². The largest absolute Gasteiger partial charge is 0.454 e. The Morgan fingerprint density at radius 3 is 2.65 bits per heavy atom. The van der Waals surface area contributed by atoms with Gasteiger partial charge in [0.2, 0.25) is 24.5 Å². The number of hydrogen-bond acceptors (Lipinski definition) is 7. The highest BCUT2D eigenvalue weighted by Crippen LogP contribution is 2.54. The van der Waals surface area contributed by atoms with Crippen molar-refractivity contribution in [3.05, 3.63) is 52.6 Å². The molecule has 0 radical (unpaired) electrons. The molecular formula is C25H25N3O6. The van der Waals surface area contributed by atoms with E-state index in [1.165, 1.54) is 4.90 Å². The number of amides is 3. The van der Waals surface area contributed by atoms with Crippen molar-refractivity contribution in [1.29, 1.82) is 0 Å². The zero-order chi connectivity index (χ0) is 23.9. The van der Waals surface area contributed by atoms with Gasteiger partial charge in [0.25, 0.3) is 0 Å². The first kappa shape index (κ1) is 21.1. The lowest BCUT2D eigenvalue weighted by molar-refractivity contribution is -0.143. The summed E-state index contributed by atoms with van der Waals surface area (Å²) < 4.78 is 10.8. The minimum Gasteiger partial charge on any atom is -0.454 e. The van der Waals surface area contributed by atoms with Crippen molar-refractivity contribution < 1.29 is 29.0 Å². The van der Waals surface area contributed by atoms with Gasteiger partial charge in [-0.05, 0) is 49.6 Å². The van der Waals surface area contributed by atoms with Crippen molar-refractivity contribution >= 4 is 23.4 Å². The SMILES string of the molecule is Cc1ccc2c(c1C)NC(=O)[C@]21N[C@@H]([C@@H](C)O)[C@H]2C(=O)N(Cc3ccc4c(c3)OCO4)C(=O)[C@H]21. The summed E-state index contributed by atoms with van der Waals surface area (Å²) in [4.78, 5) is 42.1. The Bertz CT molecular complexity index is 1270. The average Bonchev–Trinajstić information content (AvgIpc) is 3.53. The van der Waals surface area contributed by atoms with Gasteiger partial charge in [-0.15, -0.1) is 0 Å². The highest BCUT2D eigenvalue weighted by molar-refractivity contribution is 6.15. The minimum atomic E-state index is -1.42. The summed E-state index contributed by atoms with van der Waals surface area (Å²) in [7, 11) is 0. The van der Waals surface area contributed by atoms with Gasteiger partial charge < -0.3 is 19.9 Å². The van der Waals surface area contributed by atoms with Gasteiger partial charge in [0.15, 0.2) is 11.5 Å². The van der Waals surface area contributed by atoms with Crippen LogP contribution in [0.2, 0.25) is 0 Å². The van der Waals surface area contributed by atoms with Crippen LogP contribution >= 0.6 is 0 Å². The number of nitrogens with one attached hydrogen (secondary N) is 2. The van der Waals surface area contributed by atoms with Gasteiger partial charge in [0.1, 0.15) is 5.54 Å². The van der Waals surface area contributed by atoms with Crippen LogP contribution in [0, 0.1) is 25.7 Å². The van der Waals surface area contributed by atoms with Crippen LogP contribution in [0.25, 0.3) is 0 Å². The molecule has 3 N–H and O–H groups in total. The number of aliphatic hydroxyl groups is 1. The van der Waals surface area contributed by atoms with E-state index in [9.17, 15) is 19.5 Å². The van der Waals surface area contributed by atoms with Crippen LogP contribution in [-0.4, -0.2) is 46.7 Å². The number of nitrogens with zero attached hydrogens (tertiary/aromatic N) is 1. The number of likely N-dealkylation sites (tertiary alicyclic amines) is 1. The number of carbonyl (C=O) groups is 3. The Morgan fingerprint density at radius 1 is 1.12 bits per heavy atom.